The molecule has 1 amide bonds. The third-order valence-corrected chi connectivity index (χ3v) is 4.23. The van der Waals surface area contributed by atoms with Gasteiger partial charge in [0.2, 0.25) is 11.8 Å². The van der Waals surface area contributed by atoms with E-state index in [-0.39, 0.29) is 51.5 Å². The second-order valence-electron chi connectivity index (χ2n) is 7.52. The number of carbonyl (C=O) groups is 1. The van der Waals surface area contributed by atoms with Crippen LogP contribution in [0.2, 0.25) is 0 Å². The largest absolute Gasteiger partial charge is 0.505 e. The van der Waals surface area contributed by atoms with Crippen molar-refractivity contribution in [2.75, 3.05) is 19.4 Å². The van der Waals surface area contributed by atoms with Crippen LogP contribution < -0.4 is 5.32 Å². The van der Waals surface area contributed by atoms with Gasteiger partial charge in [0.15, 0.2) is 11.4 Å². The van der Waals surface area contributed by atoms with Crippen LogP contribution in [0.25, 0.3) is 0 Å². The molecule has 1 aromatic heterocycles. The zero-order valence-electron chi connectivity index (χ0n) is 16.4. The zero-order chi connectivity index (χ0) is 20.5. The first-order valence-corrected chi connectivity index (χ1v) is 8.43. The first kappa shape index (κ1) is 20.2. The second-order valence-corrected chi connectivity index (χ2v) is 7.52. The summed E-state index contributed by atoms with van der Waals surface area (Å²) in [5.41, 5.74) is 1.02. The van der Waals surface area contributed by atoms with Crippen molar-refractivity contribution in [3.8, 4) is 17.5 Å². The molecule has 0 fully saturated rings. The quantitative estimate of drug-likeness (QED) is 0.412. The van der Waals surface area contributed by atoms with Crippen molar-refractivity contribution in [1.82, 2.24) is 9.88 Å². The molecule has 0 radical (unpaired) electrons. The molecule has 0 aliphatic heterocycles. The Balaban J connectivity index is 2.51. The van der Waals surface area contributed by atoms with E-state index >= 15 is 0 Å². The third-order valence-electron chi connectivity index (χ3n) is 4.23. The van der Waals surface area contributed by atoms with E-state index in [1.807, 2.05) is 27.7 Å². The normalized spacial score (nSPS) is 12.1. The van der Waals surface area contributed by atoms with Gasteiger partial charge in [-0.05, 0) is 24.5 Å². The number of aromatic nitrogens is 1. The minimum absolute atomic E-state index is 0.0980. The maximum atomic E-state index is 12.2. The molecule has 0 unspecified atom stereocenters. The lowest BCUT2D eigenvalue weighted by Gasteiger charge is -2.18. The molecule has 2 rings (SSSR count). The number of rotatable bonds is 4. The van der Waals surface area contributed by atoms with E-state index in [1.165, 1.54) is 11.0 Å². The molecular formula is C19H26N4O4. The van der Waals surface area contributed by atoms with Gasteiger partial charge in [-0.2, -0.15) is 0 Å². The van der Waals surface area contributed by atoms with Crippen LogP contribution in [0, 0.1) is 5.41 Å². The molecule has 5 N–H and O–H groups in total. The molecule has 146 valence electrons. The number of benzene rings is 1. The van der Waals surface area contributed by atoms with E-state index in [1.54, 1.807) is 26.2 Å². The number of nitrogens with one attached hydrogen (secondary N) is 2. The van der Waals surface area contributed by atoms with E-state index in [9.17, 15) is 20.1 Å². The number of hydrogen-bond donors (Lipinski definition) is 5. The monoisotopic (exact) mass is 374 g/mol. The van der Waals surface area contributed by atoms with E-state index in [0.717, 1.165) is 5.71 Å². The minimum atomic E-state index is -0.362. The van der Waals surface area contributed by atoms with Crippen LogP contribution >= 0.6 is 0 Å². The average Bonchev–Trinajstić information content (AvgIpc) is 2.82. The van der Waals surface area contributed by atoms with E-state index in [2.05, 4.69) is 15.3 Å². The number of nitrogens with zero attached hydrogens (tertiary/aromatic N) is 2. The van der Waals surface area contributed by atoms with Crippen molar-refractivity contribution in [1.29, 1.82) is 0 Å². The molecular weight excluding hydrogens is 348 g/mol. The van der Waals surface area contributed by atoms with E-state index < -0.39 is 0 Å². The zero-order valence-corrected chi connectivity index (χ0v) is 16.4. The molecule has 1 aromatic carbocycles. The van der Waals surface area contributed by atoms with Gasteiger partial charge in [-0.25, -0.2) is 4.99 Å². The molecule has 27 heavy (non-hydrogen) atoms. The topological polar surface area (TPSA) is 121 Å². The van der Waals surface area contributed by atoms with E-state index in [0.29, 0.717) is 0 Å². The molecule has 0 bridgehead atoms. The molecule has 1 heterocycles. The Morgan fingerprint density at radius 3 is 2.33 bits per heavy atom. The Labute approximate surface area is 158 Å². The predicted molar refractivity (Wildman–Crippen MR) is 106 cm³/mol. The van der Waals surface area contributed by atoms with Crippen molar-refractivity contribution in [3.63, 3.8) is 0 Å². The summed E-state index contributed by atoms with van der Waals surface area (Å²) in [5, 5.41) is 33.6. The van der Waals surface area contributed by atoms with Crippen LogP contribution in [0.5, 0.6) is 17.5 Å². The molecule has 0 saturated heterocycles. The first-order valence-electron chi connectivity index (χ1n) is 8.43. The summed E-state index contributed by atoms with van der Waals surface area (Å²) >= 11 is 0. The summed E-state index contributed by atoms with van der Waals surface area (Å²) in [6.07, 6.45) is 0. The van der Waals surface area contributed by atoms with Gasteiger partial charge in [-0.3, -0.25) is 9.78 Å². The minimum Gasteiger partial charge on any atom is -0.505 e. The number of hydrogen-bond acceptors (Lipinski definition) is 6. The number of aromatic amines is 1. The van der Waals surface area contributed by atoms with E-state index in [4.69, 9.17) is 0 Å². The second kappa shape index (κ2) is 7.22. The van der Waals surface area contributed by atoms with Crippen LogP contribution in [-0.2, 0) is 0 Å². The number of amides is 1. The van der Waals surface area contributed by atoms with Gasteiger partial charge >= 0.3 is 0 Å². The maximum absolute atomic E-state index is 12.2. The van der Waals surface area contributed by atoms with Crippen molar-refractivity contribution in [2.24, 2.45) is 10.4 Å². The molecule has 0 atom stereocenters. The van der Waals surface area contributed by atoms with Crippen molar-refractivity contribution in [2.45, 2.75) is 27.7 Å². The number of phenolic OH excluding ortho intramolecular Hbond substituents is 1. The lowest BCUT2D eigenvalue weighted by atomic mass is 9.91. The van der Waals surface area contributed by atoms with Crippen molar-refractivity contribution < 1.29 is 20.1 Å². The highest BCUT2D eigenvalue weighted by Crippen LogP contribution is 2.45. The van der Waals surface area contributed by atoms with Crippen LogP contribution in [0.1, 0.15) is 38.1 Å². The predicted octanol–water partition coefficient (Wildman–Crippen LogP) is 3.72. The summed E-state index contributed by atoms with van der Waals surface area (Å²) in [6, 6.07) is 4.65. The highest BCUT2D eigenvalue weighted by atomic mass is 16.3. The fourth-order valence-corrected chi connectivity index (χ4v) is 2.22. The van der Waals surface area contributed by atoms with Crippen LogP contribution in [0.15, 0.2) is 23.2 Å². The summed E-state index contributed by atoms with van der Waals surface area (Å²) < 4.78 is 0. The SMILES string of the molecule is CC(=Nc1c(O)[nH]c(O)c1Nc1cccc(C(=O)N(C)C)c1O)C(C)(C)C. The van der Waals surface area contributed by atoms with Crippen molar-refractivity contribution in [3.05, 3.63) is 23.8 Å². The molecule has 0 spiro atoms. The van der Waals surface area contributed by atoms with Gasteiger partial charge in [-0.1, -0.05) is 26.8 Å². The summed E-state index contributed by atoms with van der Waals surface area (Å²) in [5.74, 6) is -1.27. The summed E-state index contributed by atoms with van der Waals surface area (Å²) in [7, 11) is 3.17. The number of aliphatic imine (C=N–C) groups is 1. The lowest BCUT2D eigenvalue weighted by Crippen LogP contribution is -2.21. The van der Waals surface area contributed by atoms with Gasteiger partial charge < -0.3 is 25.5 Å². The van der Waals surface area contributed by atoms with Crippen molar-refractivity contribution >= 4 is 28.7 Å². The highest BCUT2D eigenvalue weighted by molar-refractivity contribution is 5.99. The summed E-state index contributed by atoms with van der Waals surface area (Å²) in [4.78, 5) is 20.4. The number of phenols is 1. The molecule has 2 aromatic rings. The Hall–Kier alpha value is -3.16. The Bertz CT molecular complexity index is 892. The van der Waals surface area contributed by atoms with Crippen LogP contribution in [-0.4, -0.2) is 50.9 Å². The number of H-pyrrole nitrogens is 1. The van der Waals surface area contributed by atoms with Crippen LogP contribution in [0.3, 0.4) is 0 Å². The van der Waals surface area contributed by atoms with Gasteiger partial charge in [0, 0.05) is 19.8 Å². The smallest absolute Gasteiger partial charge is 0.257 e. The lowest BCUT2D eigenvalue weighted by molar-refractivity contribution is 0.0824. The molecule has 0 saturated carbocycles. The Kier molecular flexibility index (Phi) is 5.39. The molecule has 8 nitrogen and oxygen atoms in total. The van der Waals surface area contributed by atoms with Crippen LogP contribution in [0.4, 0.5) is 17.1 Å². The third kappa shape index (κ3) is 4.16. The van der Waals surface area contributed by atoms with Gasteiger partial charge in [0.25, 0.3) is 5.91 Å². The summed E-state index contributed by atoms with van der Waals surface area (Å²) in [6.45, 7) is 7.75. The van der Waals surface area contributed by atoms with Gasteiger partial charge in [0.05, 0.1) is 11.3 Å². The van der Waals surface area contributed by atoms with Gasteiger partial charge in [0.1, 0.15) is 5.69 Å². The number of anilines is 2. The number of aromatic hydroxyl groups is 3. The number of para-hydroxylation sites is 1. The Morgan fingerprint density at radius 1 is 1.15 bits per heavy atom. The molecule has 8 heteroatoms. The first-order chi connectivity index (χ1) is 12.4. The molecule has 0 aliphatic rings. The highest BCUT2D eigenvalue weighted by Gasteiger charge is 2.22. The maximum Gasteiger partial charge on any atom is 0.257 e. The Morgan fingerprint density at radius 2 is 1.78 bits per heavy atom. The fraction of sp³-hybridized carbons (Fsp3) is 0.368. The number of carbonyl (C=O) groups excluding carboxylic acids is 1. The van der Waals surface area contributed by atoms with Gasteiger partial charge in [-0.15, -0.1) is 0 Å². The standard InChI is InChI=1S/C19H26N4O4/c1-10(19(2,3)4)20-13-14(17(26)22-16(13)25)21-12-9-7-8-11(15(12)24)18(27)23(5)6/h7-9,21-22,24-26H,1-6H3. The molecule has 0 aliphatic carbocycles. The average molecular weight is 374 g/mol. The fourth-order valence-electron chi connectivity index (χ4n) is 2.22.